The molecular weight excluding hydrogens is 286 g/mol. The Bertz CT molecular complexity index is 743. The summed E-state index contributed by atoms with van der Waals surface area (Å²) in [5.74, 6) is 0. The Morgan fingerprint density at radius 1 is 1.24 bits per heavy atom. The number of anilines is 1. The van der Waals surface area contributed by atoms with E-state index in [9.17, 15) is 8.42 Å². The highest BCUT2D eigenvalue weighted by molar-refractivity contribution is 7.89. The molecule has 1 unspecified atom stereocenters. The number of nitrogens with one attached hydrogen (secondary N) is 1. The molecule has 0 saturated carbocycles. The van der Waals surface area contributed by atoms with Crippen molar-refractivity contribution in [1.29, 1.82) is 0 Å². The Kier molecular flexibility index (Phi) is 4.29. The average molecular weight is 305 g/mol. The molecule has 112 valence electrons. The van der Waals surface area contributed by atoms with Crippen molar-refractivity contribution in [2.45, 2.75) is 31.7 Å². The third-order valence-electron chi connectivity index (χ3n) is 3.43. The molecule has 1 aromatic carbocycles. The van der Waals surface area contributed by atoms with Crippen LogP contribution in [0.3, 0.4) is 0 Å². The predicted octanol–water partition coefficient (Wildman–Crippen LogP) is 2.32. The molecule has 0 aliphatic rings. The van der Waals surface area contributed by atoms with Crippen molar-refractivity contribution in [2.24, 2.45) is 0 Å². The Morgan fingerprint density at radius 2 is 1.90 bits per heavy atom. The van der Waals surface area contributed by atoms with Crippen molar-refractivity contribution in [3.8, 4) is 0 Å². The van der Waals surface area contributed by atoms with Crippen molar-refractivity contribution in [3.63, 3.8) is 0 Å². The van der Waals surface area contributed by atoms with Crippen LogP contribution in [0.4, 0.5) is 5.69 Å². The number of aromatic nitrogens is 1. The van der Waals surface area contributed by atoms with Crippen molar-refractivity contribution in [2.75, 3.05) is 5.73 Å². The molecule has 2 aromatic rings. The van der Waals surface area contributed by atoms with Gasteiger partial charge in [0.2, 0.25) is 10.0 Å². The molecule has 2 rings (SSSR count). The Hall–Kier alpha value is -1.92. The van der Waals surface area contributed by atoms with Crippen molar-refractivity contribution >= 4 is 15.7 Å². The van der Waals surface area contributed by atoms with Crippen LogP contribution >= 0.6 is 0 Å². The largest absolute Gasteiger partial charge is 0.398 e. The Labute approximate surface area is 125 Å². The summed E-state index contributed by atoms with van der Waals surface area (Å²) < 4.78 is 27.6. The number of nitrogens with zero attached hydrogens (tertiary/aromatic N) is 1. The third kappa shape index (κ3) is 3.40. The van der Waals surface area contributed by atoms with E-state index in [0.29, 0.717) is 0 Å². The number of benzene rings is 1. The van der Waals surface area contributed by atoms with Gasteiger partial charge in [-0.05, 0) is 55.7 Å². The van der Waals surface area contributed by atoms with Crippen molar-refractivity contribution in [1.82, 2.24) is 9.71 Å². The van der Waals surface area contributed by atoms with Crippen molar-refractivity contribution in [3.05, 3.63) is 53.3 Å². The predicted molar refractivity (Wildman–Crippen MR) is 83.3 cm³/mol. The van der Waals surface area contributed by atoms with Crippen LogP contribution in [-0.4, -0.2) is 13.4 Å². The van der Waals surface area contributed by atoms with E-state index >= 15 is 0 Å². The number of rotatable bonds is 4. The highest BCUT2D eigenvalue weighted by atomic mass is 32.2. The van der Waals surface area contributed by atoms with Crippen molar-refractivity contribution < 1.29 is 8.42 Å². The second-order valence-electron chi connectivity index (χ2n) is 5.10. The van der Waals surface area contributed by atoms with E-state index in [0.717, 1.165) is 16.7 Å². The summed E-state index contributed by atoms with van der Waals surface area (Å²) in [5.41, 5.74) is 8.76. The molecule has 0 aliphatic heterocycles. The summed E-state index contributed by atoms with van der Waals surface area (Å²) in [6.07, 6.45) is 3.28. The second-order valence-corrected chi connectivity index (χ2v) is 6.79. The van der Waals surface area contributed by atoms with Gasteiger partial charge in [0.15, 0.2) is 0 Å². The lowest BCUT2D eigenvalue weighted by molar-refractivity contribution is 0.567. The molecule has 0 aliphatic carbocycles. The zero-order chi connectivity index (χ0) is 15.6. The minimum absolute atomic E-state index is 0.112. The van der Waals surface area contributed by atoms with Gasteiger partial charge in [0, 0.05) is 18.4 Å². The fourth-order valence-electron chi connectivity index (χ4n) is 2.04. The Morgan fingerprint density at radius 3 is 2.52 bits per heavy atom. The summed E-state index contributed by atoms with van der Waals surface area (Å²) >= 11 is 0. The maximum Gasteiger partial charge on any atom is 0.243 e. The van der Waals surface area contributed by atoms with Gasteiger partial charge in [-0.25, -0.2) is 13.1 Å². The number of hydrogen-bond acceptors (Lipinski definition) is 4. The third-order valence-corrected chi connectivity index (χ3v) is 5.03. The van der Waals surface area contributed by atoms with Crippen LogP contribution in [0.15, 0.2) is 41.6 Å². The second kappa shape index (κ2) is 5.83. The lowest BCUT2D eigenvalue weighted by Gasteiger charge is -2.16. The summed E-state index contributed by atoms with van der Waals surface area (Å²) in [6, 6.07) is 6.49. The van der Waals surface area contributed by atoms with Gasteiger partial charge >= 0.3 is 0 Å². The maximum atomic E-state index is 12.5. The summed E-state index contributed by atoms with van der Waals surface area (Å²) in [7, 11) is -3.68. The van der Waals surface area contributed by atoms with Gasteiger partial charge in [-0.2, -0.15) is 0 Å². The van der Waals surface area contributed by atoms with E-state index in [1.165, 1.54) is 0 Å². The number of hydrogen-bond donors (Lipinski definition) is 2. The van der Waals surface area contributed by atoms with Crippen LogP contribution < -0.4 is 10.5 Å². The van der Waals surface area contributed by atoms with Crippen LogP contribution in [0.1, 0.15) is 29.7 Å². The van der Waals surface area contributed by atoms with Gasteiger partial charge in [0.25, 0.3) is 0 Å². The van der Waals surface area contributed by atoms with Gasteiger partial charge in [0.1, 0.15) is 4.90 Å². The number of nitrogens with two attached hydrogens (primary N) is 1. The van der Waals surface area contributed by atoms with Crippen LogP contribution in [-0.2, 0) is 10.0 Å². The van der Waals surface area contributed by atoms with E-state index < -0.39 is 10.0 Å². The monoisotopic (exact) mass is 305 g/mol. The van der Waals surface area contributed by atoms with Crippen LogP contribution in [0.25, 0.3) is 0 Å². The normalized spacial score (nSPS) is 13.1. The maximum absolute atomic E-state index is 12.5. The van der Waals surface area contributed by atoms with Gasteiger partial charge in [-0.1, -0.05) is 6.07 Å². The molecule has 1 atom stereocenters. The fourth-order valence-corrected chi connectivity index (χ4v) is 3.47. The summed E-state index contributed by atoms with van der Waals surface area (Å²) in [5, 5.41) is 0. The number of pyridine rings is 1. The highest BCUT2D eigenvalue weighted by Gasteiger charge is 2.21. The molecular formula is C15H19N3O2S. The Balaban J connectivity index is 2.33. The topological polar surface area (TPSA) is 85.1 Å². The highest BCUT2D eigenvalue weighted by Crippen LogP contribution is 2.24. The quantitative estimate of drug-likeness (QED) is 0.849. The summed E-state index contributed by atoms with van der Waals surface area (Å²) in [6.45, 7) is 5.53. The molecule has 0 radical (unpaired) electrons. The lowest BCUT2D eigenvalue weighted by atomic mass is 10.1. The molecule has 0 saturated heterocycles. The van der Waals surface area contributed by atoms with E-state index in [2.05, 4.69) is 9.71 Å². The molecule has 1 heterocycles. The first-order valence-electron chi connectivity index (χ1n) is 6.60. The SMILES string of the molecule is Cc1cc(N)c(S(=O)(=O)NC(C)c2cccnc2)cc1C. The van der Waals surface area contributed by atoms with E-state index in [4.69, 9.17) is 5.73 Å². The van der Waals surface area contributed by atoms with Gasteiger partial charge in [0.05, 0.1) is 5.69 Å². The average Bonchev–Trinajstić information content (AvgIpc) is 2.43. The van der Waals surface area contributed by atoms with Gasteiger partial charge < -0.3 is 5.73 Å². The minimum Gasteiger partial charge on any atom is -0.398 e. The first kappa shape index (κ1) is 15.5. The lowest BCUT2D eigenvalue weighted by Crippen LogP contribution is -2.27. The number of nitrogen functional groups attached to an aromatic ring is 1. The molecule has 0 fully saturated rings. The zero-order valence-electron chi connectivity index (χ0n) is 12.3. The number of sulfonamides is 1. The standard InChI is InChI=1S/C15H19N3O2S/c1-10-7-14(16)15(8-11(10)2)21(19,20)18-12(3)13-5-4-6-17-9-13/h4-9,12,18H,16H2,1-3H3. The summed E-state index contributed by atoms with van der Waals surface area (Å²) in [4.78, 5) is 4.10. The van der Waals surface area contributed by atoms with Crippen LogP contribution in [0.2, 0.25) is 0 Å². The van der Waals surface area contributed by atoms with Crippen LogP contribution in [0, 0.1) is 13.8 Å². The molecule has 6 heteroatoms. The fraction of sp³-hybridized carbons (Fsp3) is 0.267. The van der Waals surface area contributed by atoms with Gasteiger partial charge in [-0.15, -0.1) is 0 Å². The first-order valence-corrected chi connectivity index (χ1v) is 8.08. The molecule has 5 nitrogen and oxygen atoms in total. The smallest absolute Gasteiger partial charge is 0.243 e. The zero-order valence-corrected chi connectivity index (χ0v) is 13.1. The van der Waals surface area contributed by atoms with E-state index in [1.54, 1.807) is 37.5 Å². The molecule has 0 spiro atoms. The molecule has 1 aromatic heterocycles. The van der Waals surface area contributed by atoms with E-state index in [1.807, 2.05) is 19.9 Å². The van der Waals surface area contributed by atoms with Crippen LogP contribution in [0.5, 0.6) is 0 Å². The molecule has 0 amide bonds. The molecule has 0 bridgehead atoms. The first-order chi connectivity index (χ1) is 9.81. The molecule has 21 heavy (non-hydrogen) atoms. The number of aryl methyl sites for hydroxylation is 2. The van der Waals surface area contributed by atoms with Gasteiger partial charge in [-0.3, -0.25) is 4.98 Å². The minimum atomic E-state index is -3.68. The molecule has 3 N–H and O–H groups in total. The van der Waals surface area contributed by atoms with E-state index in [-0.39, 0.29) is 16.6 Å².